The maximum absolute atomic E-state index is 11.2. The minimum Gasteiger partial charge on any atom is -0.366 e. The van der Waals surface area contributed by atoms with E-state index in [-0.39, 0.29) is 18.3 Å². The number of hydrogen-bond acceptors (Lipinski definition) is 2. The van der Waals surface area contributed by atoms with E-state index in [2.05, 4.69) is 11.4 Å². The Morgan fingerprint density at radius 3 is 2.53 bits per heavy atom. The van der Waals surface area contributed by atoms with E-state index in [9.17, 15) is 4.79 Å². The second kappa shape index (κ2) is 6.03. The Morgan fingerprint density at radius 2 is 1.94 bits per heavy atom. The summed E-state index contributed by atoms with van der Waals surface area (Å²) in [6.07, 6.45) is 2.28. The molecule has 1 aromatic rings. The fourth-order valence-corrected chi connectivity index (χ4v) is 2.35. The van der Waals surface area contributed by atoms with Crippen LogP contribution in [-0.2, 0) is 0 Å². The highest BCUT2D eigenvalue weighted by Gasteiger charge is 2.16. The van der Waals surface area contributed by atoms with E-state index in [0.29, 0.717) is 11.5 Å². The van der Waals surface area contributed by atoms with Crippen molar-refractivity contribution in [3.8, 4) is 0 Å². The van der Waals surface area contributed by atoms with Crippen molar-refractivity contribution >= 4 is 18.3 Å². The van der Waals surface area contributed by atoms with E-state index in [4.69, 9.17) is 5.73 Å². The lowest BCUT2D eigenvalue weighted by atomic mass is 9.88. The lowest BCUT2D eigenvalue weighted by Crippen LogP contribution is -2.26. The molecule has 17 heavy (non-hydrogen) atoms. The van der Waals surface area contributed by atoms with Crippen LogP contribution in [0.25, 0.3) is 0 Å². The van der Waals surface area contributed by atoms with Crippen molar-refractivity contribution in [1.82, 2.24) is 5.32 Å². The zero-order valence-electron chi connectivity index (χ0n) is 10.0. The SMILES string of the molecule is Cc1cc(C(N)=O)cc(C2CCNCC2)c1.Cl. The minimum absolute atomic E-state index is 0. The van der Waals surface area contributed by atoms with Crippen molar-refractivity contribution in [2.75, 3.05) is 13.1 Å². The summed E-state index contributed by atoms with van der Waals surface area (Å²) in [5.74, 6) is 0.234. The summed E-state index contributed by atoms with van der Waals surface area (Å²) >= 11 is 0. The predicted molar refractivity (Wildman–Crippen MR) is 71.8 cm³/mol. The number of primary amides is 1. The first kappa shape index (κ1) is 14.0. The summed E-state index contributed by atoms with van der Waals surface area (Å²) in [6.45, 7) is 4.13. The number of rotatable bonds is 2. The quantitative estimate of drug-likeness (QED) is 0.848. The Hall–Kier alpha value is -1.06. The molecule has 94 valence electrons. The third-order valence-electron chi connectivity index (χ3n) is 3.19. The van der Waals surface area contributed by atoms with Gasteiger partial charge in [-0.25, -0.2) is 0 Å². The standard InChI is InChI=1S/C13H18N2O.ClH/c1-9-6-11(8-12(7-9)13(14)16)10-2-4-15-5-3-10;/h6-8,10,15H,2-5H2,1H3,(H2,14,16);1H. The van der Waals surface area contributed by atoms with Crippen LogP contribution in [-0.4, -0.2) is 19.0 Å². The zero-order chi connectivity index (χ0) is 11.5. The van der Waals surface area contributed by atoms with Crippen molar-refractivity contribution in [3.63, 3.8) is 0 Å². The lowest BCUT2D eigenvalue weighted by molar-refractivity contribution is 0.1000. The third kappa shape index (κ3) is 3.45. The average Bonchev–Trinajstić information content (AvgIpc) is 2.29. The van der Waals surface area contributed by atoms with Gasteiger partial charge in [-0.3, -0.25) is 4.79 Å². The summed E-state index contributed by atoms with van der Waals surface area (Å²) < 4.78 is 0. The van der Waals surface area contributed by atoms with Gasteiger partial charge >= 0.3 is 0 Å². The number of amides is 1. The summed E-state index contributed by atoms with van der Waals surface area (Å²) in [5.41, 5.74) is 8.34. The summed E-state index contributed by atoms with van der Waals surface area (Å²) in [5, 5.41) is 3.34. The van der Waals surface area contributed by atoms with Crippen LogP contribution >= 0.6 is 12.4 Å². The molecule has 1 aliphatic heterocycles. The molecule has 3 nitrogen and oxygen atoms in total. The molecule has 0 spiro atoms. The van der Waals surface area contributed by atoms with Gasteiger partial charge in [-0.15, -0.1) is 12.4 Å². The molecule has 2 rings (SSSR count). The second-order valence-corrected chi connectivity index (χ2v) is 4.52. The molecule has 0 saturated carbocycles. The van der Waals surface area contributed by atoms with Gasteiger partial charge in [-0.1, -0.05) is 11.6 Å². The largest absolute Gasteiger partial charge is 0.366 e. The molecule has 4 heteroatoms. The third-order valence-corrected chi connectivity index (χ3v) is 3.19. The molecule has 0 aromatic heterocycles. The Morgan fingerprint density at radius 1 is 1.29 bits per heavy atom. The Labute approximate surface area is 108 Å². The van der Waals surface area contributed by atoms with Crippen molar-refractivity contribution in [2.24, 2.45) is 5.73 Å². The molecule has 0 bridgehead atoms. The second-order valence-electron chi connectivity index (χ2n) is 4.52. The monoisotopic (exact) mass is 254 g/mol. The number of hydrogen-bond donors (Lipinski definition) is 2. The number of nitrogens with two attached hydrogens (primary N) is 1. The molecule has 1 heterocycles. The van der Waals surface area contributed by atoms with Crippen LogP contribution in [0.1, 0.15) is 40.2 Å². The van der Waals surface area contributed by atoms with E-state index >= 15 is 0 Å². The van der Waals surface area contributed by atoms with Crippen LogP contribution in [0.3, 0.4) is 0 Å². The molecule has 1 fully saturated rings. The van der Waals surface area contributed by atoms with Gasteiger partial charge in [0.15, 0.2) is 0 Å². The van der Waals surface area contributed by atoms with Crippen LogP contribution in [0.5, 0.6) is 0 Å². The number of carbonyl (C=O) groups is 1. The fraction of sp³-hybridized carbons (Fsp3) is 0.462. The predicted octanol–water partition coefficient (Wildman–Crippen LogP) is 1.98. The first-order chi connectivity index (χ1) is 7.66. The molecule has 1 aliphatic rings. The van der Waals surface area contributed by atoms with Crippen molar-refractivity contribution in [3.05, 3.63) is 34.9 Å². The highest BCUT2D eigenvalue weighted by Crippen LogP contribution is 2.26. The molecule has 1 amide bonds. The van der Waals surface area contributed by atoms with Crippen LogP contribution in [0.4, 0.5) is 0 Å². The Balaban J connectivity index is 0.00000144. The van der Waals surface area contributed by atoms with E-state index in [1.165, 1.54) is 5.56 Å². The lowest BCUT2D eigenvalue weighted by Gasteiger charge is -2.23. The molecule has 0 unspecified atom stereocenters. The van der Waals surface area contributed by atoms with Crippen LogP contribution < -0.4 is 11.1 Å². The normalized spacial score (nSPS) is 16.3. The number of benzene rings is 1. The first-order valence-corrected chi connectivity index (χ1v) is 5.79. The van der Waals surface area contributed by atoms with Crippen molar-refractivity contribution in [2.45, 2.75) is 25.7 Å². The van der Waals surface area contributed by atoms with Crippen LogP contribution in [0, 0.1) is 6.92 Å². The van der Waals surface area contributed by atoms with Gasteiger partial charge in [0.25, 0.3) is 0 Å². The maximum Gasteiger partial charge on any atom is 0.248 e. The molecule has 0 aliphatic carbocycles. The topological polar surface area (TPSA) is 55.1 Å². The van der Waals surface area contributed by atoms with Crippen LogP contribution in [0.15, 0.2) is 18.2 Å². The summed E-state index contributed by atoms with van der Waals surface area (Å²) in [6, 6.07) is 5.97. The molecular formula is C13H19ClN2O. The molecule has 1 saturated heterocycles. The fourth-order valence-electron chi connectivity index (χ4n) is 2.35. The maximum atomic E-state index is 11.2. The molecular weight excluding hydrogens is 236 g/mol. The highest BCUT2D eigenvalue weighted by atomic mass is 35.5. The van der Waals surface area contributed by atoms with Crippen LogP contribution in [0.2, 0.25) is 0 Å². The highest BCUT2D eigenvalue weighted by molar-refractivity contribution is 5.93. The van der Waals surface area contributed by atoms with Gasteiger partial charge in [-0.05, 0) is 56.5 Å². The zero-order valence-corrected chi connectivity index (χ0v) is 10.8. The van der Waals surface area contributed by atoms with E-state index in [1.807, 2.05) is 19.1 Å². The molecule has 0 radical (unpaired) electrons. The molecule has 1 aromatic carbocycles. The number of halogens is 1. The van der Waals surface area contributed by atoms with Gasteiger partial charge in [0.2, 0.25) is 5.91 Å². The molecule has 0 atom stereocenters. The van der Waals surface area contributed by atoms with E-state index in [1.54, 1.807) is 0 Å². The minimum atomic E-state index is -0.334. The number of carbonyl (C=O) groups excluding carboxylic acids is 1. The van der Waals surface area contributed by atoms with Gasteiger partial charge < -0.3 is 11.1 Å². The van der Waals surface area contributed by atoms with Gasteiger partial charge in [0.05, 0.1) is 0 Å². The average molecular weight is 255 g/mol. The van der Waals surface area contributed by atoms with Crippen molar-refractivity contribution in [1.29, 1.82) is 0 Å². The number of aryl methyl sites for hydroxylation is 1. The summed E-state index contributed by atoms with van der Waals surface area (Å²) in [7, 11) is 0. The van der Waals surface area contributed by atoms with Gasteiger partial charge in [-0.2, -0.15) is 0 Å². The summed E-state index contributed by atoms with van der Waals surface area (Å²) in [4.78, 5) is 11.2. The van der Waals surface area contributed by atoms with Gasteiger partial charge in [0.1, 0.15) is 0 Å². The number of nitrogens with one attached hydrogen (secondary N) is 1. The molecule has 3 N–H and O–H groups in total. The first-order valence-electron chi connectivity index (χ1n) is 5.79. The number of piperidine rings is 1. The smallest absolute Gasteiger partial charge is 0.248 e. The Kier molecular flexibility index (Phi) is 4.97. The van der Waals surface area contributed by atoms with E-state index in [0.717, 1.165) is 31.5 Å². The van der Waals surface area contributed by atoms with E-state index < -0.39 is 0 Å². The Bertz CT molecular complexity index is 400. The van der Waals surface area contributed by atoms with Crippen molar-refractivity contribution < 1.29 is 4.79 Å². The van der Waals surface area contributed by atoms with Gasteiger partial charge in [0, 0.05) is 5.56 Å².